The monoisotopic (exact) mass is 596 g/mol. The van der Waals surface area contributed by atoms with Crippen LogP contribution in [-0.4, -0.2) is 41.3 Å². The predicted octanol–water partition coefficient (Wildman–Crippen LogP) is 6.57. The molecule has 12 heteroatoms. The molecule has 0 saturated heterocycles. The summed E-state index contributed by atoms with van der Waals surface area (Å²) in [4.78, 5) is 24.8. The van der Waals surface area contributed by atoms with Crippen molar-refractivity contribution in [2.75, 3.05) is 11.5 Å². The van der Waals surface area contributed by atoms with Gasteiger partial charge in [-0.2, -0.15) is 10.2 Å². The molecule has 0 bridgehead atoms. The topological polar surface area (TPSA) is 106 Å². The molecule has 5 aromatic rings. The lowest BCUT2D eigenvalue weighted by molar-refractivity contribution is 0.249. The second-order valence-electron chi connectivity index (χ2n) is 10.2. The molecule has 0 fully saturated rings. The van der Waals surface area contributed by atoms with Crippen molar-refractivity contribution in [2.24, 2.45) is 0 Å². The molecule has 0 saturated carbocycles. The average molecular weight is 597 g/mol. The lowest BCUT2D eigenvalue weighted by Gasteiger charge is -2.38. The average Bonchev–Trinajstić information content (AvgIpc) is 3.43. The van der Waals surface area contributed by atoms with Crippen LogP contribution in [0, 0.1) is 29.9 Å². The number of hydrogen-bond donors (Lipinski definition) is 0. The number of anilines is 1. The van der Waals surface area contributed by atoms with Crippen LogP contribution in [0.25, 0.3) is 22.7 Å². The summed E-state index contributed by atoms with van der Waals surface area (Å²) in [6, 6.07) is 10.5. The summed E-state index contributed by atoms with van der Waals surface area (Å²) in [6.07, 6.45) is 5.21. The number of aryl methyl sites for hydroxylation is 1. The Kier molecular flexibility index (Phi) is 7.50. The van der Waals surface area contributed by atoms with E-state index in [-0.39, 0.29) is 29.1 Å². The van der Waals surface area contributed by atoms with E-state index in [0.29, 0.717) is 50.9 Å². The molecule has 0 aliphatic carbocycles. The van der Waals surface area contributed by atoms with Crippen molar-refractivity contribution in [1.29, 1.82) is 5.26 Å². The van der Waals surface area contributed by atoms with E-state index in [1.54, 1.807) is 52.5 Å². The molecule has 0 spiro atoms. The Morgan fingerprint density at radius 1 is 1.14 bits per heavy atom. The molecule has 4 heterocycles. The third-order valence-electron chi connectivity index (χ3n) is 6.99. The summed E-state index contributed by atoms with van der Waals surface area (Å²) in [5.41, 5.74) is 3.45. The lowest BCUT2D eigenvalue weighted by Crippen LogP contribution is -2.34. The zero-order valence-electron chi connectivity index (χ0n) is 23.6. The maximum atomic E-state index is 15.5. The molecule has 2 aromatic carbocycles. The fourth-order valence-corrected chi connectivity index (χ4v) is 5.75. The van der Waals surface area contributed by atoms with Gasteiger partial charge >= 0.3 is 0 Å². The quantitative estimate of drug-likeness (QED) is 0.152. The molecule has 0 amide bonds. The molecular weight excluding hydrogens is 570 g/mol. The minimum Gasteiger partial charge on any atom is -0.490 e. The standard InChI is InChI=1S/C31H26F2N8OS/c1-17(2)43-31-35-11-9-23(38-31)19(4)41(25-10-12-42-28-22(33)7-6-21(32)27(25)28)29-18(3)15-36-30(39-29)40-16-37-24-8-5-20(14-34)13-26(24)40/h5-9,11,13,15-17,25H,4,10,12H2,1-3H3/t25-/m1/s1. The molecule has 6 rings (SSSR count). The highest BCUT2D eigenvalue weighted by atomic mass is 32.2. The van der Waals surface area contributed by atoms with Gasteiger partial charge in [-0.15, -0.1) is 0 Å². The van der Waals surface area contributed by atoms with Crippen molar-refractivity contribution < 1.29 is 13.5 Å². The third-order valence-corrected chi connectivity index (χ3v) is 7.87. The molecule has 0 radical (unpaired) electrons. The zero-order chi connectivity index (χ0) is 30.2. The highest BCUT2D eigenvalue weighted by molar-refractivity contribution is 7.99. The number of halogens is 2. The first-order valence-corrected chi connectivity index (χ1v) is 14.4. The Bertz CT molecular complexity index is 1920. The van der Waals surface area contributed by atoms with Gasteiger partial charge in [-0.05, 0) is 43.3 Å². The Hall–Kier alpha value is -4.89. The largest absolute Gasteiger partial charge is 0.490 e. The first-order chi connectivity index (χ1) is 20.7. The minimum atomic E-state index is -0.728. The number of thioether (sulfide) groups is 1. The Balaban J connectivity index is 1.54. The van der Waals surface area contributed by atoms with Gasteiger partial charge in [-0.1, -0.05) is 32.2 Å². The molecular formula is C31H26F2N8OS. The van der Waals surface area contributed by atoms with Gasteiger partial charge < -0.3 is 9.64 Å². The number of rotatable bonds is 7. The van der Waals surface area contributed by atoms with Crippen LogP contribution in [0.4, 0.5) is 14.6 Å². The SMILES string of the molecule is C=C(c1ccnc(SC(C)C)n1)N(c1nc(-n2cnc3ccc(C#N)cc32)ncc1C)[C@@H]1CCOc2c(F)ccc(F)c21. The highest BCUT2D eigenvalue weighted by Crippen LogP contribution is 2.44. The first kappa shape index (κ1) is 28.2. The van der Waals surface area contributed by atoms with Crippen LogP contribution < -0.4 is 9.64 Å². The molecule has 9 nitrogen and oxygen atoms in total. The van der Waals surface area contributed by atoms with Gasteiger partial charge in [0.1, 0.15) is 18.0 Å². The van der Waals surface area contributed by atoms with Crippen LogP contribution in [0.1, 0.15) is 48.7 Å². The van der Waals surface area contributed by atoms with Gasteiger partial charge in [0.25, 0.3) is 0 Å². The molecule has 1 aliphatic heterocycles. The van der Waals surface area contributed by atoms with Gasteiger partial charge in [-0.25, -0.2) is 28.7 Å². The van der Waals surface area contributed by atoms with Gasteiger partial charge in [0.2, 0.25) is 5.95 Å². The lowest BCUT2D eigenvalue weighted by atomic mass is 9.96. The molecule has 0 unspecified atom stereocenters. The molecule has 3 aromatic heterocycles. The van der Waals surface area contributed by atoms with Crippen molar-refractivity contribution >= 4 is 34.3 Å². The van der Waals surface area contributed by atoms with E-state index in [0.717, 1.165) is 12.1 Å². The second-order valence-corrected chi connectivity index (χ2v) is 11.8. The highest BCUT2D eigenvalue weighted by Gasteiger charge is 2.36. The zero-order valence-corrected chi connectivity index (χ0v) is 24.4. The predicted molar refractivity (Wildman–Crippen MR) is 160 cm³/mol. The van der Waals surface area contributed by atoms with E-state index in [2.05, 4.69) is 27.6 Å². The summed E-state index contributed by atoms with van der Waals surface area (Å²) in [7, 11) is 0. The number of nitrogens with zero attached hydrogens (tertiary/aromatic N) is 8. The Morgan fingerprint density at radius 2 is 1.95 bits per heavy atom. The van der Waals surface area contributed by atoms with E-state index in [1.807, 2.05) is 20.8 Å². The van der Waals surface area contributed by atoms with E-state index in [1.165, 1.54) is 11.8 Å². The van der Waals surface area contributed by atoms with Crippen molar-refractivity contribution in [2.45, 2.75) is 43.6 Å². The summed E-state index contributed by atoms with van der Waals surface area (Å²) in [6.45, 7) is 10.5. The van der Waals surface area contributed by atoms with Crippen molar-refractivity contribution in [3.8, 4) is 17.8 Å². The van der Waals surface area contributed by atoms with E-state index in [9.17, 15) is 9.65 Å². The van der Waals surface area contributed by atoms with E-state index < -0.39 is 17.7 Å². The number of aromatic nitrogens is 6. The number of ether oxygens (including phenoxy) is 1. The molecule has 1 atom stereocenters. The number of fused-ring (bicyclic) bond motifs is 2. The Labute approximate surface area is 250 Å². The van der Waals surface area contributed by atoms with Crippen LogP contribution in [0.3, 0.4) is 0 Å². The maximum Gasteiger partial charge on any atom is 0.237 e. The van der Waals surface area contributed by atoms with E-state index >= 15 is 4.39 Å². The van der Waals surface area contributed by atoms with Crippen molar-refractivity contribution in [3.63, 3.8) is 0 Å². The van der Waals surface area contributed by atoms with E-state index in [4.69, 9.17) is 14.7 Å². The summed E-state index contributed by atoms with van der Waals surface area (Å²) in [5.74, 6) is -0.686. The normalized spacial score (nSPS) is 14.3. The fraction of sp³-hybridized carbons (Fsp3) is 0.226. The van der Waals surface area contributed by atoms with Crippen LogP contribution >= 0.6 is 11.8 Å². The van der Waals surface area contributed by atoms with Crippen LogP contribution in [0.5, 0.6) is 5.75 Å². The maximum absolute atomic E-state index is 15.5. The number of benzene rings is 2. The van der Waals surface area contributed by atoms with Gasteiger partial charge in [-0.3, -0.25) is 4.57 Å². The van der Waals surface area contributed by atoms with Crippen molar-refractivity contribution in [3.05, 3.63) is 95.7 Å². The summed E-state index contributed by atoms with van der Waals surface area (Å²) >= 11 is 1.50. The molecule has 216 valence electrons. The number of imidazole rings is 1. The summed E-state index contributed by atoms with van der Waals surface area (Å²) < 4.78 is 37.7. The molecule has 0 N–H and O–H groups in total. The smallest absolute Gasteiger partial charge is 0.237 e. The number of nitriles is 1. The summed E-state index contributed by atoms with van der Waals surface area (Å²) in [5, 5.41) is 10.3. The third kappa shape index (κ3) is 5.28. The minimum absolute atomic E-state index is 0.0736. The first-order valence-electron chi connectivity index (χ1n) is 13.5. The van der Waals surface area contributed by atoms with Gasteiger partial charge in [0.15, 0.2) is 16.7 Å². The van der Waals surface area contributed by atoms with Crippen molar-refractivity contribution in [1.82, 2.24) is 29.5 Å². The second kappa shape index (κ2) is 11.4. The van der Waals surface area contributed by atoms with Crippen LogP contribution in [0.2, 0.25) is 0 Å². The number of hydrogen-bond acceptors (Lipinski definition) is 9. The molecule has 1 aliphatic rings. The Morgan fingerprint density at radius 3 is 2.74 bits per heavy atom. The van der Waals surface area contributed by atoms with Gasteiger partial charge in [0, 0.05) is 29.6 Å². The molecule has 43 heavy (non-hydrogen) atoms. The van der Waals surface area contributed by atoms with Crippen LogP contribution in [0.15, 0.2) is 66.9 Å². The van der Waals surface area contributed by atoms with Crippen LogP contribution in [-0.2, 0) is 0 Å². The fourth-order valence-electron chi connectivity index (χ4n) is 5.06. The van der Waals surface area contributed by atoms with Gasteiger partial charge in [0.05, 0.1) is 52.3 Å².